The number of hydrogen-bond donors (Lipinski definition) is 1. The van der Waals surface area contributed by atoms with Gasteiger partial charge in [0.1, 0.15) is 10.8 Å². The number of benzene rings is 6. The first-order chi connectivity index (χ1) is 26.3. The molecule has 0 saturated heterocycles. The number of amidine groups is 2. The van der Waals surface area contributed by atoms with Gasteiger partial charge in [0.25, 0.3) is 0 Å². The van der Waals surface area contributed by atoms with E-state index in [-0.39, 0.29) is 6.17 Å². The third-order valence-electron chi connectivity index (χ3n) is 9.24. The minimum atomic E-state index is -0.256. The van der Waals surface area contributed by atoms with Crippen LogP contribution < -0.4 is 10.2 Å². The first-order valence-electron chi connectivity index (χ1n) is 17.6. The van der Waals surface area contributed by atoms with Gasteiger partial charge in [-0.25, -0.2) is 9.98 Å². The molecule has 6 heteroatoms. The molecule has 0 spiro atoms. The van der Waals surface area contributed by atoms with E-state index < -0.39 is 0 Å². The number of hydrogen-bond acceptors (Lipinski definition) is 6. The molecular formula is C47H34N4S2. The lowest BCUT2D eigenvalue weighted by molar-refractivity contribution is 0.687. The lowest BCUT2D eigenvalue weighted by atomic mass is 10.0. The van der Waals surface area contributed by atoms with E-state index in [4.69, 9.17) is 9.98 Å². The van der Waals surface area contributed by atoms with E-state index in [1.54, 1.807) is 22.7 Å². The molecule has 1 unspecified atom stereocenters. The third-order valence-corrected chi connectivity index (χ3v) is 11.6. The van der Waals surface area contributed by atoms with Crippen molar-refractivity contribution < 1.29 is 0 Å². The molecule has 4 nitrogen and oxygen atoms in total. The summed E-state index contributed by atoms with van der Waals surface area (Å²) in [6, 6.07) is 68.2. The molecule has 0 aliphatic carbocycles. The zero-order valence-electron chi connectivity index (χ0n) is 28.7. The Balaban J connectivity index is 1.08. The van der Waals surface area contributed by atoms with Gasteiger partial charge in [-0.05, 0) is 59.2 Å². The Morgan fingerprint density at radius 2 is 1.00 bits per heavy atom. The molecule has 3 heterocycles. The molecule has 2 aromatic heterocycles. The Hall–Kier alpha value is -6.34. The highest BCUT2D eigenvalue weighted by Gasteiger charge is 2.24. The Morgan fingerprint density at radius 1 is 0.453 bits per heavy atom. The highest BCUT2D eigenvalue weighted by molar-refractivity contribution is 7.24. The van der Waals surface area contributed by atoms with Crippen LogP contribution in [-0.4, -0.2) is 11.7 Å². The molecule has 0 radical (unpaired) electrons. The number of para-hydroxylation sites is 1. The summed E-state index contributed by atoms with van der Waals surface area (Å²) in [5.41, 5.74) is 9.04. The average Bonchev–Trinajstić information content (AvgIpc) is 3.94. The van der Waals surface area contributed by atoms with Crippen LogP contribution in [0.4, 0.5) is 16.4 Å². The fourth-order valence-corrected chi connectivity index (χ4v) is 8.75. The summed E-state index contributed by atoms with van der Waals surface area (Å²) in [5.74, 6) is 1.55. The Labute approximate surface area is 317 Å². The number of aliphatic imine (C=N–C) groups is 2. The van der Waals surface area contributed by atoms with Crippen molar-refractivity contribution in [3.8, 4) is 32.0 Å². The standard InChI is InChI=1S/C47H34N4S2/c1-5-15-33(16-6-1)34-25-27-38(28-26-34)51(40-24-14-13-23-39(40)35-17-7-2-8-18-35)44-32-31-42(53-44)41-29-30-43(52-41)47-49-45(36-19-9-3-10-20-36)48-46(50-47)37-21-11-4-12-22-37/h1-32,47H,(H,48,49,50). The van der Waals surface area contributed by atoms with Crippen molar-refractivity contribution in [3.05, 3.63) is 210 Å². The second-order valence-electron chi connectivity index (χ2n) is 12.7. The van der Waals surface area contributed by atoms with Crippen molar-refractivity contribution >= 4 is 50.7 Å². The van der Waals surface area contributed by atoms with Gasteiger partial charge in [-0.15, -0.1) is 22.7 Å². The van der Waals surface area contributed by atoms with E-state index in [1.807, 2.05) is 36.4 Å². The van der Waals surface area contributed by atoms with Gasteiger partial charge < -0.3 is 10.2 Å². The smallest absolute Gasteiger partial charge is 0.159 e. The van der Waals surface area contributed by atoms with Crippen LogP contribution >= 0.6 is 22.7 Å². The van der Waals surface area contributed by atoms with Crippen LogP contribution in [0.5, 0.6) is 0 Å². The number of nitrogens with one attached hydrogen (secondary N) is 1. The van der Waals surface area contributed by atoms with E-state index >= 15 is 0 Å². The molecule has 0 fully saturated rings. The zero-order valence-corrected chi connectivity index (χ0v) is 30.3. The highest BCUT2D eigenvalue weighted by Crippen LogP contribution is 2.46. The molecule has 254 valence electrons. The Bertz CT molecular complexity index is 2520. The molecular weight excluding hydrogens is 685 g/mol. The van der Waals surface area contributed by atoms with Gasteiger partial charge in [0.2, 0.25) is 0 Å². The molecule has 8 aromatic rings. The number of thiophene rings is 2. The predicted molar refractivity (Wildman–Crippen MR) is 225 cm³/mol. The minimum Gasteiger partial charge on any atom is -0.343 e. The zero-order chi connectivity index (χ0) is 35.4. The van der Waals surface area contributed by atoms with E-state index in [0.717, 1.165) is 44.1 Å². The molecule has 9 rings (SSSR count). The van der Waals surface area contributed by atoms with Crippen molar-refractivity contribution in [1.29, 1.82) is 0 Å². The lowest BCUT2D eigenvalue weighted by Gasteiger charge is -2.26. The molecule has 1 aliphatic heterocycles. The van der Waals surface area contributed by atoms with Crippen molar-refractivity contribution in [3.63, 3.8) is 0 Å². The first kappa shape index (κ1) is 32.6. The normalized spacial score (nSPS) is 13.8. The first-order valence-corrected chi connectivity index (χ1v) is 19.2. The van der Waals surface area contributed by atoms with Crippen LogP contribution in [0.3, 0.4) is 0 Å². The van der Waals surface area contributed by atoms with Crippen LogP contribution in [0.1, 0.15) is 22.2 Å². The van der Waals surface area contributed by atoms with Crippen molar-refractivity contribution in [2.45, 2.75) is 6.17 Å². The summed E-state index contributed by atoms with van der Waals surface area (Å²) in [5, 5.41) is 4.77. The van der Waals surface area contributed by atoms with Crippen LogP contribution in [-0.2, 0) is 0 Å². The van der Waals surface area contributed by atoms with Gasteiger partial charge in [-0.1, -0.05) is 152 Å². The van der Waals surface area contributed by atoms with Gasteiger partial charge in [0, 0.05) is 37.0 Å². The summed E-state index contributed by atoms with van der Waals surface area (Å²) in [6.45, 7) is 0. The number of anilines is 3. The van der Waals surface area contributed by atoms with Crippen LogP contribution in [0.25, 0.3) is 32.0 Å². The summed E-state index contributed by atoms with van der Waals surface area (Å²) in [4.78, 5) is 16.0. The summed E-state index contributed by atoms with van der Waals surface area (Å²) in [6.07, 6.45) is -0.256. The summed E-state index contributed by atoms with van der Waals surface area (Å²) in [7, 11) is 0. The lowest BCUT2D eigenvalue weighted by Crippen LogP contribution is -2.33. The molecule has 0 amide bonds. The minimum absolute atomic E-state index is 0.256. The van der Waals surface area contributed by atoms with E-state index in [9.17, 15) is 0 Å². The van der Waals surface area contributed by atoms with Gasteiger partial charge in [0.15, 0.2) is 12.0 Å². The molecule has 1 aliphatic rings. The van der Waals surface area contributed by atoms with Gasteiger partial charge in [0.05, 0.1) is 5.69 Å². The van der Waals surface area contributed by atoms with E-state index in [1.165, 1.54) is 32.0 Å². The topological polar surface area (TPSA) is 40.0 Å². The third kappa shape index (κ3) is 6.86. The van der Waals surface area contributed by atoms with Crippen LogP contribution in [0, 0.1) is 0 Å². The highest BCUT2D eigenvalue weighted by atomic mass is 32.1. The van der Waals surface area contributed by atoms with Crippen molar-refractivity contribution in [2.75, 3.05) is 4.90 Å². The van der Waals surface area contributed by atoms with E-state index in [0.29, 0.717) is 0 Å². The quantitative estimate of drug-likeness (QED) is 0.161. The van der Waals surface area contributed by atoms with Gasteiger partial charge in [-0.2, -0.15) is 0 Å². The number of rotatable bonds is 9. The molecule has 0 bridgehead atoms. The maximum atomic E-state index is 5.11. The number of nitrogens with zero attached hydrogens (tertiary/aromatic N) is 3. The van der Waals surface area contributed by atoms with Gasteiger partial charge >= 0.3 is 0 Å². The van der Waals surface area contributed by atoms with Gasteiger partial charge in [-0.3, -0.25) is 0 Å². The molecule has 6 aromatic carbocycles. The van der Waals surface area contributed by atoms with Crippen molar-refractivity contribution in [1.82, 2.24) is 5.32 Å². The van der Waals surface area contributed by atoms with E-state index in [2.05, 4.69) is 168 Å². The van der Waals surface area contributed by atoms with Crippen molar-refractivity contribution in [2.24, 2.45) is 9.98 Å². The summed E-state index contributed by atoms with van der Waals surface area (Å²) >= 11 is 3.57. The second kappa shape index (κ2) is 14.7. The summed E-state index contributed by atoms with van der Waals surface area (Å²) < 4.78 is 0. The Morgan fingerprint density at radius 3 is 1.70 bits per heavy atom. The monoisotopic (exact) mass is 718 g/mol. The largest absolute Gasteiger partial charge is 0.343 e. The van der Waals surface area contributed by atoms with Crippen LogP contribution in [0.2, 0.25) is 0 Å². The fraction of sp³-hybridized carbons (Fsp3) is 0.0213. The SMILES string of the molecule is c1ccc(C2=NC(c3ccc(-c4ccc(N(c5ccc(-c6ccccc6)cc5)c5ccccc5-c5ccccc5)s4)s3)NC(c3ccccc3)=N2)cc1. The maximum absolute atomic E-state index is 5.11. The predicted octanol–water partition coefficient (Wildman–Crippen LogP) is 12.8. The molecule has 1 N–H and O–H groups in total. The second-order valence-corrected chi connectivity index (χ2v) is 14.8. The average molecular weight is 719 g/mol. The van der Waals surface area contributed by atoms with Crippen LogP contribution in [0.15, 0.2) is 204 Å². The molecule has 0 saturated carbocycles. The fourth-order valence-electron chi connectivity index (χ4n) is 6.62. The maximum Gasteiger partial charge on any atom is 0.159 e. The Kier molecular flexibility index (Phi) is 9.04. The molecule has 1 atom stereocenters. The molecule has 53 heavy (non-hydrogen) atoms.